The average Bonchev–Trinajstić information content (AvgIpc) is 2.39. The maximum Gasteiger partial charge on any atom is 0.336 e. The van der Waals surface area contributed by atoms with Crippen molar-refractivity contribution in [3.05, 3.63) is 53.9 Å². The smallest absolute Gasteiger partial charge is 0.336 e. The third-order valence-corrected chi connectivity index (χ3v) is 2.41. The summed E-state index contributed by atoms with van der Waals surface area (Å²) in [6.45, 7) is 0. The minimum Gasteiger partial charge on any atom is -0.478 e. The average molecular weight is 227 g/mol. The van der Waals surface area contributed by atoms with Crippen LogP contribution in [0.3, 0.4) is 0 Å². The van der Waals surface area contributed by atoms with Crippen molar-refractivity contribution in [2.24, 2.45) is 0 Å². The van der Waals surface area contributed by atoms with Crippen LogP contribution in [0.25, 0.3) is 11.1 Å². The molecule has 0 spiro atoms. The molecule has 84 valence electrons. The van der Waals surface area contributed by atoms with E-state index < -0.39 is 5.97 Å². The number of carboxylic acids is 1. The van der Waals surface area contributed by atoms with Crippen LogP contribution in [0.2, 0.25) is 0 Å². The highest BCUT2D eigenvalue weighted by molar-refractivity contribution is 5.95. The number of nitrogens with zero attached hydrogens (tertiary/aromatic N) is 1. The van der Waals surface area contributed by atoms with E-state index in [1.165, 1.54) is 18.5 Å². The fourth-order valence-electron chi connectivity index (χ4n) is 1.55. The molecule has 0 bridgehead atoms. The summed E-state index contributed by atoms with van der Waals surface area (Å²) >= 11 is 0. The first-order valence-electron chi connectivity index (χ1n) is 4.95. The zero-order valence-corrected chi connectivity index (χ0v) is 8.83. The van der Waals surface area contributed by atoms with Crippen LogP contribution < -0.4 is 0 Å². The van der Waals surface area contributed by atoms with Crippen molar-refractivity contribution < 1.29 is 14.7 Å². The Labute approximate surface area is 97.6 Å². The molecule has 1 N–H and O–H groups in total. The molecule has 0 saturated heterocycles. The number of benzene rings is 1. The van der Waals surface area contributed by atoms with Gasteiger partial charge in [0.1, 0.15) is 6.29 Å². The first-order chi connectivity index (χ1) is 8.22. The Morgan fingerprint density at radius 2 is 1.88 bits per heavy atom. The molecule has 0 saturated carbocycles. The van der Waals surface area contributed by atoms with Gasteiger partial charge in [0, 0.05) is 23.5 Å². The van der Waals surface area contributed by atoms with E-state index in [0.29, 0.717) is 11.1 Å². The van der Waals surface area contributed by atoms with E-state index in [1.54, 1.807) is 24.3 Å². The predicted molar refractivity (Wildman–Crippen MR) is 62.0 cm³/mol. The number of aldehydes is 1. The van der Waals surface area contributed by atoms with Crippen molar-refractivity contribution in [1.82, 2.24) is 4.98 Å². The first kappa shape index (κ1) is 11.0. The highest BCUT2D eigenvalue weighted by Crippen LogP contribution is 2.22. The highest BCUT2D eigenvalue weighted by Gasteiger charge is 2.10. The van der Waals surface area contributed by atoms with Crippen LogP contribution >= 0.6 is 0 Å². The van der Waals surface area contributed by atoms with E-state index in [2.05, 4.69) is 4.98 Å². The van der Waals surface area contributed by atoms with E-state index in [-0.39, 0.29) is 5.56 Å². The first-order valence-corrected chi connectivity index (χ1v) is 4.95. The van der Waals surface area contributed by atoms with E-state index in [0.717, 1.165) is 11.8 Å². The molecule has 0 aliphatic carbocycles. The molecule has 4 heteroatoms. The van der Waals surface area contributed by atoms with Crippen LogP contribution in [-0.4, -0.2) is 22.3 Å². The lowest BCUT2D eigenvalue weighted by molar-refractivity contribution is 0.0697. The fraction of sp³-hybridized carbons (Fsp3) is 0. The third-order valence-electron chi connectivity index (χ3n) is 2.41. The summed E-state index contributed by atoms with van der Waals surface area (Å²) in [6.07, 6.45) is 3.68. The van der Waals surface area contributed by atoms with Gasteiger partial charge < -0.3 is 5.11 Å². The second-order valence-electron chi connectivity index (χ2n) is 3.47. The standard InChI is InChI=1S/C13H9NO3/c15-8-9-1-3-10(4-2-9)12-7-14-6-5-11(12)13(16)17/h1-8H,(H,16,17). The summed E-state index contributed by atoms with van der Waals surface area (Å²) in [4.78, 5) is 25.5. The van der Waals surface area contributed by atoms with Gasteiger partial charge in [0.25, 0.3) is 0 Å². The Hall–Kier alpha value is -2.49. The maximum atomic E-state index is 11.0. The lowest BCUT2D eigenvalue weighted by Crippen LogP contribution is -1.99. The minimum atomic E-state index is -0.998. The van der Waals surface area contributed by atoms with Crippen molar-refractivity contribution in [3.8, 4) is 11.1 Å². The Balaban J connectivity index is 2.52. The molecule has 2 aromatic rings. The topological polar surface area (TPSA) is 67.3 Å². The molecular formula is C13H9NO3. The van der Waals surface area contributed by atoms with Gasteiger partial charge in [-0.15, -0.1) is 0 Å². The Morgan fingerprint density at radius 3 is 2.47 bits per heavy atom. The largest absolute Gasteiger partial charge is 0.478 e. The van der Waals surface area contributed by atoms with E-state index in [1.807, 2.05) is 0 Å². The normalized spacial score (nSPS) is 9.88. The maximum absolute atomic E-state index is 11.0. The van der Waals surface area contributed by atoms with E-state index in [9.17, 15) is 9.59 Å². The lowest BCUT2D eigenvalue weighted by atomic mass is 10.0. The monoisotopic (exact) mass is 227 g/mol. The Morgan fingerprint density at radius 1 is 1.18 bits per heavy atom. The van der Waals surface area contributed by atoms with E-state index in [4.69, 9.17) is 5.11 Å². The summed E-state index contributed by atoms with van der Waals surface area (Å²) in [7, 11) is 0. The highest BCUT2D eigenvalue weighted by atomic mass is 16.4. The van der Waals surface area contributed by atoms with Crippen LogP contribution in [0.4, 0.5) is 0 Å². The number of carbonyl (C=O) groups excluding carboxylic acids is 1. The van der Waals surface area contributed by atoms with Gasteiger partial charge in [-0.2, -0.15) is 0 Å². The Bertz CT molecular complexity index is 561. The molecule has 1 aromatic heterocycles. The quantitative estimate of drug-likeness (QED) is 0.816. The summed E-state index contributed by atoms with van der Waals surface area (Å²) in [6, 6.07) is 8.13. The van der Waals surface area contributed by atoms with Gasteiger partial charge in [-0.05, 0) is 11.6 Å². The molecule has 0 radical (unpaired) electrons. The zero-order chi connectivity index (χ0) is 12.3. The van der Waals surface area contributed by atoms with Crippen LogP contribution in [0, 0.1) is 0 Å². The molecule has 0 atom stereocenters. The summed E-state index contributed by atoms with van der Waals surface area (Å²) in [5.74, 6) is -0.998. The van der Waals surface area contributed by atoms with Crippen LogP contribution in [0.5, 0.6) is 0 Å². The predicted octanol–water partition coefficient (Wildman–Crippen LogP) is 2.26. The molecule has 0 aliphatic heterocycles. The van der Waals surface area contributed by atoms with Gasteiger partial charge >= 0.3 is 5.97 Å². The van der Waals surface area contributed by atoms with Crippen LogP contribution in [-0.2, 0) is 0 Å². The number of aromatic carboxylic acids is 1. The molecule has 1 heterocycles. The van der Waals surface area contributed by atoms with Gasteiger partial charge in [-0.3, -0.25) is 9.78 Å². The summed E-state index contributed by atoms with van der Waals surface area (Å²) in [5, 5.41) is 9.04. The van der Waals surface area contributed by atoms with E-state index >= 15 is 0 Å². The molecular weight excluding hydrogens is 218 g/mol. The van der Waals surface area contributed by atoms with Crippen molar-refractivity contribution in [2.75, 3.05) is 0 Å². The molecule has 1 aromatic carbocycles. The molecule has 17 heavy (non-hydrogen) atoms. The van der Waals surface area contributed by atoms with Gasteiger partial charge in [0.15, 0.2) is 0 Å². The van der Waals surface area contributed by atoms with Crippen molar-refractivity contribution in [3.63, 3.8) is 0 Å². The third kappa shape index (κ3) is 2.20. The van der Waals surface area contributed by atoms with Crippen LogP contribution in [0.15, 0.2) is 42.7 Å². The zero-order valence-electron chi connectivity index (χ0n) is 8.83. The number of pyridine rings is 1. The molecule has 0 amide bonds. The SMILES string of the molecule is O=Cc1ccc(-c2cnccc2C(=O)O)cc1. The second kappa shape index (κ2) is 4.57. The number of carboxylic acid groups (broad SMARTS) is 1. The molecule has 0 unspecified atom stereocenters. The van der Waals surface area contributed by atoms with Gasteiger partial charge in [0.2, 0.25) is 0 Å². The van der Waals surface area contributed by atoms with Gasteiger partial charge in [0.05, 0.1) is 5.56 Å². The molecule has 2 rings (SSSR count). The number of carbonyl (C=O) groups is 2. The van der Waals surface area contributed by atoms with Crippen molar-refractivity contribution >= 4 is 12.3 Å². The lowest BCUT2D eigenvalue weighted by Gasteiger charge is -2.05. The number of hydrogen-bond acceptors (Lipinski definition) is 3. The number of aromatic nitrogens is 1. The minimum absolute atomic E-state index is 0.193. The second-order valence-corrected chi connectivity index (χ2v) is 3.47. The summed E-state index contributed by atoms with van der Waals surface area (Å²) < 4.78 is 0. The Kier molecular flexibility index (Phi) is 2.96. The molecule has 0 aliphatic rings. The molecule has 4 nitrogen and oxygen atoms in total. The molecule has 0 fully saturated rings. The van der Waals surface area contributed by atoms with Crippen molar-refractivity contribution in [2.45, 2.75) is 0 Å². The van der Waals surface area contributed by atoms with Crippen LogP contribution in [0.1, 0.15) is 20.7 Å². The number of hydrogen-bond donors (Lipinski definition) is 1. The number of rotatable bonds is 3. The van der Waals surface area contributed by atoms with Crippen molar-refractivity contribution in [1.29, 1.82) is 0 Å². The van der Waals surface area contributed by atoms with Gasteiger partial charge in [-0.25, -0.2) is 4.79 Å². The summed E-state index contributed by atoms with van der Waals surface area (Å²) in [5.41, 5.74) is 2.01. The fourth-order valence-corrected chi connectivity index (χ4v) is 1.55. The van der Waals surface area contributed by atoms with Gasteiger partial charge in [-0.1, -0.05) is 24.3 Å².